The van der Waals surface area contributed by atoms with E-state index < -0.39 is 0 Å². The van der Waals surface area contributed by atoms with Crippen molar-refractivity contribution in [2.24, 2.45) is 0 Å². The van der Waals surface area contributed by atoms with Crippen LogP contribution in [0.3, 0.4) is 0 Å². The maximum atomic E-state index is 11.7. The Labute approximate surface area is 201 Å². The van der Waals surface area contributed by atoms with Gasteiger partial charge in [-0.1, -0.05) is 30.3 Å². The molecule has 1 aromatic heterocycles. The van der Waals surface area contributed by atoms with E-state index in [0.29, 0.717) is 6.42 Å². The van der Waals surface area contributed by atoms with Crippen molar-refractivity contribution in [1.82, 2.24) is 14.8 Å². The smallest absolute Gasteiger partial charge is 0.224 e. The van der Waals surface area contributed by atoms with Gasteiger partial charge >= 0.3 is 0 Å². The fourth-order valence-electron chi connectivity index (χ4n) is 4.96. The maximum absolute atomic E-state index is 11.7. The number of aromatic nitrogens is 1. The molecule has 1 fully saturated rings. The fraction of sp³-hybridized carbons (Fsp3) is 0.429. The standard InChI is InChI=1S/C28H34N4O2/c1-21-8-12-26(24-11-13-27(33)30-28(21)24)34-19-5-4-14-31-15-17-32(18-16-31)20-23-10-9-22-6-2-3-7-25(22)29-23/h2-3,6-10,12H,4-5,11,13-20H2,1H3,(H,30,33). The summed E-state index contributed by atoms with van der Waals surface area (Å²) in [5.41, 5.74) is 5.44. The first-order valence-electron chi connectivity index (χ1n) is 12.5. The van der Waals surface area contributed by atoms with Crippen molar-refractivity contribution in [3.05, 3.63) is 65.4 Å². The van der Waals surface area contributed by atoms with E-state index in [2.05, 4.69) is 57.6 Å². The Morgan fingerprint density at radius 2 is 1.76 bits per heavy atom. The largest absolute Gasteiger partial charge is 0.493 e. The van der Waals surface area contributed by atoms with E-state index in [-0.39, 0.29) is 5.91 Å². The SMILES string of the molecule is Cc1ccc(OCCCCN2CCN(Cc3ccc4ccccc4n3)CC2)c2c1NC(=O)CC2. The summed E-state index contributed by atoms with van der Waals surface area (Å²) in [5.74, 6) is 1.03. The molecule has 0 aliphatic carbocycles. The average molecular weight is 459 g/mol. The van der Waals surface area contributed by atoms with Gasteiger partial charge in [-0.2, -0.15) is 0 Å². The highest BCUT2D eigenvalue weighted by Gasteiger charge is 2.21. The van der Waals surface area contributed by atoms with Gasteiger partial charge in [-0.05, 0) is 56.5 Å². The summed E-state index contributed by atoms with van der Waals surface area (Å²) in [6.07, 6.45) is 3.47. The minimum absolute atomic E-state index is 0.0985. The molecule has 0 unspecified atom stereocenters. The molecule has 2 aliphatic rings. The lowest BCUT2D eigenvalue weighted by atomic mass is 9.98. The Morgan fingerprint density at radius 3 is 2.65 bits per heavy atom. The van der Waals surface area contributed by atoms with E-state index in [1.165, 1.54) is 5.39 Å². The number of nitrogens with zero attached hydrogens (tertiary/aromatic N) is 3. The summed E-state index contributed by atoms with van der Waals surface area (Å²) >= 11 is 0. The van der Waals surface area contributed by atoms with Crippen LogP contribution in [0.1, 0.15) is 36.1 Å². The molecule has 6 nitrogen and oxygen atoms in total. The van der Waals surface area contributed by atoms with Crippen molar-refractivity contribution >= 4 is 22.5 Å². The summed E-state index contributed by atoms with van der Waals surface area (Å²) in [4.78, 5) is 21.6. The molecule has 0 spiro atoms. The number of hydrogen-bond acceptors (Lipinski definition) is 5. The van der Waals surface area contributed by atoms with Crippen molar-refractivity contribution in [2.45, 2.75) is 39.2 Å². The van der Waals surface area contributed by atoms with Crippen LogP contribution in [-0.4, -0.2) is 60.0 Å². The number of amides is 1. The van der Waals surface area contributed by atoms with Gasteiger partial charge in [0.1, 0.15) is 5.75 Å². The van der Waals surface area contributed by atoms with E-state index in [1.54, 1.807) is 0 Å². The van der Waals surface area contributed by atoms with Gasteiger partial charge in [-0.3, -0.25) is 14.7 Å². The van der Waals surface area contributed by atoms with Gasteiger partial charge in [0, 0.05) is 50.1 Å². The summed E-state index contributed by atoms with van der Waals surface area (Å²) in [5, 5.41) is 4.21. The number of carbonyl (C=O) groups is 1. The average Bonchev–Trinajstić information content (AvgIpc) is 2.86. The van der Waals surface area contributed by atoms with E-state index >= 15 is 0 Å². The molecular formula is C28H34N4O2. The molecular weight excluding hydrogens is 424 g/mol. The zero-order valence-electron chi connectivity index (χ0n) is 20.1. The first-order chi connectivity index (χ1) is 16.7. The number of nitrogens with one attached hydrogen (secondary N) is 1. The van der Waals surface area contributed by atoms with Crippen LogP contribution in [-0.2, 0) is 17.8 Å². The number of ether oxygens (including phenoxy) is 1. The molecule has 0 bridgehead atoms. The van der Waals surface area contributed by atoms with Gasteiger partial charge in [0.2, 0.25) is 5.91 Å². The predicted octanol–water partition coefficient (Wildman–Crippen LogP) is 4.40. The van der Waals surface area contributed by atoms with E-state index in [0.717, 1.165) is 98.9 Å². The second-order valence-electron chi connectivity index (χ2n) is 9.45. The van der Waals surface area contributed by atoms with Crippen LogP contribution in [0, 0.1) is 6.92 Å². The molecule has 3 heterocycles. The van der Waals surface area contributed by atoms with Crippen LogP contribution in [0.2, 0.25) is 0 Å². The Morgan fingerprint density at radius 1 is 0.941 bits per heavy atom. The minimum atomic E-state index is 0.0985. The van der Waals surface area contributed by atoms with Crippen molar-refractivity contribution < 1.29 is 9.53 Å². The van der Waals surface area contributed by atoms with Gasteiger partial charge in [-0.15, -0.1) is 0 Å². The van der Waals surface area contributed by atoms with Crippen molar-refractivity contribution in [3.63, 3.8) is 0 Å². The van der Waals surface area contributed by atoms with Crippen LogP contribution < -0.4 is 10.1 Å². The molecule has 34 heavy (non-hydrogen) atoms. The number of aryl methyl sites for hydroxylation is 1. The Hall–Kier alpha value is -2.96. The molecule has 0 saturated carbocycles. The van der Waals surface area contributed by atoms with Crippen LogP contribution in [0.25, 0.3) is 10.9 Å². The summed E-state index contributed by atoms with van der Waals surface area (Å²) in [7, 11) is 0. The molecule has 2 aromatic carbocycles. The molecule has 1 saturated heterocycles. The zero-order chi connectivity index (χ0) is 23.3. The number of piperazine rings is 1. The van der Waals surface area contributed by atoms with Gasteiger partial charge in [-0.25, -0.2) is 0 Å². The first kappa shape index (κ1) is 22.8. The number of fused-ring (bicyclic) bond motifs is 2. The lowest BCUT2D eigenvalue weighted by Crippen LogP contribution is -2.46. The Bertz CT molecular complexity index is 1150. The molecule has 1 amide bonds. The molecule has 2 aliphatic heterocycles. The molecule has 0 radical (unpaired) electrons. The number of pyridine rings is 1. The van der Waals surface area contributed by atoms with Gasteiger partial charge < -0.3 is 15.0 Å². The van der Waals surface area contributed by atoms with Gasteiger partial charge in [0.25, 0.3) is 0 Å². The number of unbranched alkanes of at least 4 members (excludes halogenated alkanes) is 1. The predicted molar refractivity (Wildman–Crippen MR) is 136 cm³/mol. The lowest BCUT2D eigenvalue weighted by molar-refractivity contribution is -0.116. The molecule has 178 valence electrons. The molecule has 3 aromatic rings. The number of para-hydroxylation sites is 1. The van der Waals surface area contributed by atoms with E-state index in [4.69, 9.17) is 9.72 Å². The normalized spacial score (nSPS) is 16.9. The van der Waals surface area contributed by atoms with Gasteiger partial charge in [0.15, 0.2) is 0 Å². The third-order valence-electron chi connectivity index (χ3n) is 6.98. The third kappa shape index (κ3) is 5.40. The van der Waals surface area contributed by atoms with Crippen LogP contribution in [0.15, 0.2) is 48.5 Å². The number of hydrogen-bond donors (Lipinski definition) is 1. The van der Waals surface area contributed by atoms with E-state index in [9.17, 15) is 4.79 Å². The molecule has 0 atom stereocenters. The summed E-state index contributed by atoms with van der Waals surface area (Å²) in [6.45, 7) is 9.20. The lowest BCUT2D eigenvalue weighted by Gasteiger charge is -2.34. The highest BCUT2D eigenvalue weighted by molar-refractivity contribution is 5.95. The van der Waals surface area contributed by atoms with Crippen LogP contribution in [0.4, 0.5) is 5.69 Å². The van der Waals surface area contributed by atoms with Crippen molar-refractivity contribution in [2.75, 3.05) is 44.6 Å². The topological polar surface area (TPSA) is 57.7 Å². The number of anilines is 1. The number of carbonyl (C=O) groups excluding carboxylic acids is 1. The minimum Gasteiger partial charge on any atom is -0.493 e. The van der Waals surface area contributed by atoms with Crippen molar-refractivity contribution in [3.8, 4) is 5.75 Å². The quantitative estimate of drug-likeness (QED) is 0.507. The molecule has 6 heteroatoms. The Kier molecular flexibility index (Phi) is 7.07. The highest BCUT2D eigenvalue weighted by atomic mass is 16.5. The number of benzene rings is 2. The third-order valence-corrected chi connectivity index (χ3v) is 6.98. The fourth-order valence-corrected chi connectivity index (χ4v) is 4.96. The number of rotatable bonds is 8. The highest BCUT2D eigenvalue weighted by Crippen LogP contribution is 2.34. The maximum Gasteiger partial charge on any atom is 0.224 e. The molecule has 1 N–H and O–H groups in total. The summed E-state index contributed by atoms with van der Waals surface area (Å²) < 4.78 is 6.11. The Balaban J connectivity index is 1.02. The van der Waals surface area contributed by atoms with Crippen molar-refractivity contribution in [1.29, 1.82) is 0 Å². The summed E-state index contributed by atoms with van der Waals surface area (Å²) in [6, 6.07) is 16.7. The van der Waals surface area contributed by atoms with E-state index in [1.807, 2.05) is 13.0 Å². The van der Waals surface area contributed by atoms with Crippen LogP contribution >= 0.6 is 0 Å². The zero-order valence-corrected chi connectivity index (χ0v) is 20.1. The second-order valence-corrected chi connectivity index (χ2v) is 9.45. The van der Waals surface area contributed by atoms with Crippen LogP contribution in [0.5, 0.6) is 5.75 Å². The van der Waals surface area contributed by atoms with Gasteiger partial charge in [0.05, 0.1) is 23.5 Å². The molecule has 5 rings (SSSR count). The monoisotopic (exact) mass is 458 g/mol. The second kappa shape index (κ2) is 10.5. The first-order valence-corrected chi connectivity index (χ1v) is 12.5.